The van der Waals surface area contributed by atoms with E-state index in [9.17, 15) is 8.42 Å². The molecule has 1 atom stereocenters. The van der Waals surface area contributed by atoms with Crippen LogP contribution in [0.25, 0.3) is 0 Å². The molecular weight excluding hydrogens is 308 g/mol. The Hall–Kier alpha value is -1.09. The van der Waals surface area contributed by atoms with E-state index in [1.54, 1.807) is 0 Å². The molecule has 0 aliphatic carbocycles. The molecule has 1 unspecified atom stereocenters. The second kappa shape index (κ2) is 7.79. The lowest BCUT2D eigenvalue weighted by molar-refractivity contribution is 0.488. The Kier molecular flexibility index (Phi) is 6.66. The highest BCUT2D eigenvalue weighted by molar-refractivity contribution is 7.89. The summed E-state index contributed by atoms with van der Waals surface area (Å²) >= 11 is 5.94. The lowest BCUT2D eigenvalue weighted by Crippen LogP contribution is -2.32. The fourth-order valence-electron chi connectivity index (χ4n) is 2.00. The highest BCUT2D eigenvalue weighted by atomic mass is 35.5. The molecule has 4 nitrogen and oxygen atoms in total. The molecule has 0 aliphatic heterocycles. The summed E-state index contributed by atoms with van der Waals surface area (Å²) in [6.07, 6.45) is 2.80. The van der Waals surface area contributed by atoms with Crippen LogP contribution in [-0.4, -0.2) is 14.5 Å². The average molecular weight is 329 g/mol. The van der Waals surface area contributed by atoms with Gasteiger partial charge < -0.3 is 0 Å². The maximum absolute atomic E-state index is 12.3. The molecule has 0 fully saturated rings. The molecular formula is C15H21ClN2O2S. The molecule has 1 N–H and O–H groups in total. The van der Waals surface area contributed by atoms with Crippen molar-refractivity contribution < 1.29 is 8.42 Å². The average Bonchev–Trinajstić information content (AvgIpc) is 2.38. The Morgan fingerprint density at radius 1 is 1.29 bits per heavy atom. The number of sulfonamides is 1. The molecule has 0 bridgehead atoms. The molecule has 21 heavy (non-hydrogen) atoms. The number of nitrogens with zero attached hydrogens (tertiary/aromatic N) is 1. The summed E-state index contributed by atoms with van der Waals surface area (Å²) in [6, 6.07) is 5.96. The summed E-state index contributed by atoms with van der Waals surface area (Å²) in [5.41, 5.74) is 0.271. The van der Waals surface area contributed by atoms with E-state index in [-0.39, 0.29) is 21.5 Å². The van der Waals surface area contributed by atoms with Gasteiger partial charge in [0.15, 0.2) is 0 Å². The summed E-state index contributed by atoms with van der Waals surface area (Å²) in [5.74, 6) is 0.607. The molecule has 0 aromatic heterocycles. The van der Waals surface area contributed by atoms with E-state index in [0.29, 0.717) is 5.92 Å². The molecule has 1 rings (SSSR count). The monoisotopic (exact) mass is 328 g/mol. The molecule has 1 aromatic rings. The summed E-state index contributed by atoms with van der Waals surface area (Å²) < 4.78 is 27.3. The number of rotatable bonds is 7. The van der Waals surface area contributed by atoms with Gasteiger partial charge in [-0.2, -0.15) is 5.26 Å². The van der Waals surface area contributed by atoms with Crippen molar-refractivity contribution in [3.63, 3.8) is 0 Å². The van der Waals surface area contributed by atoms with Crippen LogP contribution in [0.4, 0.5) is 0 Å². The van der Waals surface area contributed by atoms with Crippen LogP contribution in [0.15, 0.2) is 23.1 Å². The fourth-order valence-corrected chi connectivity index (χ4v) is 3.80. The first-order valence-electron chi connectivity index (χ1n) is 6.98. The van der Waals surface area contributed by atoms with E-state index < -0.39 is 10.0 Å². The van der Waals surface area contributed by atoms with Crippen LogP contribution < -0.4 is 4.72 Å². The van der Waals surface area contributed by atoms with Crippen molar-refractivity contribution >= 4 is 21.6 Å². The molecule has 0 heterocycles. The second-order valence-electron chi connectivity index (χ2n) is 5.60. The van der Waals surface area contributed by atoms with Gasteiger partial charge in [0.25, 0.3) is 0 Å². The van der Waals surface area contributed by atoms with E-state index in [0.717, 1.165) is 19.3 Å². The van der Waals surface area contributed by atoms with Crippen LogP contribution >= 0.6 is 11.6 Å². The molecule has 0 saturated carbocycles. The molecule has 1 aromatic carbocycles. The zero-order valence-electron chi connectivity index (χ0n) is 12.6. The highest BCUT2D eigenvalue weighted by Gasteiger charge is 2.20. The molecule has 0 radical (unpaired) electrons. The van der Waals surface area contributed by atoms with Gasteiger partial charge in [-0.1, -0.05) is 38.3 Å². The maximum atomic E-state index is 12.3. The number of benzene rings is 1. The van der Waals surface area contributed by atoms with Crippen molar-refractivity contribution in [2.24, 2.45) is 5.92 Å². The normalized spacial score (nSPS) is 13.1. The third-order valence-electron chi connectivity index (χ3n) is 3.12. The van der Waals surface area contributed by atoms with Gasteiger partial charge in [0.1, 0.15) is 4.90 Å². The summed E-state index contributed by atoms with van der Waals surface area (Å²) in [5, 5.41) is 8.98. The van der Waals surface area contributed by atoms with Gasteiger partial charge in [0.2, 0.25) is 10.0 Å². The number of nitrogens with one attached hydrogen (secondary N) is 1. The van der Waals surface area contributed by atoms with Gasteiger partial charge >= 0.3 is 0 Å². The predicted octanol–water partition coefficient (Wildman–Crippen LogP) is 3.70. The lowest BCUT2D eigenvalue weighted by atomic mass is 10.0. The Morgan fingerprint density at radius 3 is 2.52 bits per heavy atom. The van der Waals surface area contributed by atoms with Crippen LogP contribution in [0.5, 0.6) is 0 Å². The van der Waals surface area contributed by atoms with Crippen LogP contribution in [0, 0.1) is 17.2 Å². The van der Waals surface area contributed by atoms with Crippen molar-refractivity contribution in [2.75, 3.05) is 0 Å². The zero-order chi connectivity index (χ0) is 16.0. The number of nitriles is 1. The summed E-state index contributed by atoms with van der Waals surface area (Å²) in [6.45, 7) is 6.12. The first kappa shape index (κ1) is 18.0. The van der Waals surface area contributed by atoms with Gasteiger partial charge in [-0.25, -0.2) is 13.1 Å². The largest absolute Gasteiger partial charge is 0.242 e. The molecule has 116 valence electrons. The Morgan fingerprint density at radius 2 is 1.95 bits per heavy atom. The smallest absolute Gasteiger partial charge is 0.208 e. The molecule has 0 saturated heterocycles. The van der Waals surface area contributed by atoms with Gasteiger partial charge in [0, 0.05) is 6.04 Å². The Labute approximate surface area is 132 Å². The van der Waals surface area contributed by atoms with Crippen LogP contribution in [0.1, 0.15) is 45.6 Å². The maximum Gasteiger partial charge on any atom is 0.242 e. The minimum absolute atomic E-state index is 0.0427. The van der Waals surface area contributed by atoms with Crippen molar-refractivity contribution in [3.05, 3.63) is 28.8 Å². The minimum atomic E-state index is -3.71. The first-order chi connectivity index (χ1) is 9.76. The molecule has 0 amide bonds. The summed E-state index contributed by atoms with van der Waals surface area (Å²) in [7, 11) is -3.71. The van der Waals surface area contributed by atoms with Crippen molar-refractivity contribution in [1.82, 2.24) is 4.72 Å². The minimum Gasteiger partial charge on any atom is -0.208 e. The van der Waals surface area contributed by atoms with E-state index in [1.165, 1.54) is 18.2 Å². The highest BCUT2D eigenvalue weighted by Crippen LogP contribution is 2.23. The van der Waals surface area contributed by atoms with Crippen molar-refractivity contribution in [3.8, 4) is 6.07 Å². The van der Waals surface area contributed by atoms with Gasteiger partial charge in [-0.05, 0) is 37.5 Å². The molecule has 0 aliphatic rings. The Balaban J connectivity index is 2.80. The van der Waals surface area contributed by atoms with E-state index >= 15 is 0 Å². The van der Waals surface area contributed by atoms with Crippen LogP contribution in [0.3, 0.4) is 0 Å². The SMILES string of the molecule is CC(C)CCCC(C)NS(=O)(=O)c1cc(C#N)ccc1Cl. The third-order valence-corrected chi connectivity index (χ3v) is 5.20. The van der Waals surface area contributed by atoms with Crippen LogP contribution in [0.2, 0.25) is 5.02 Å². The van der Waals surface area contributed by atoms with Crippen molar-refractivity contribution in [2.45, 2.75) is 51.0 Å². The first-order valence-corrected chi connectivity index (χ1v) is 8.84. The third kappa shape index (κ3) is 5.66. The summed E-state index contributed by atoms with van der Waals surface area (Å²) in [4.78, 5) is -0.0427. The zero-order valence-corrected chi connectivity index (χ0v) is 14.1. The molecule has 6 heteroatoms. The van der Waals surface area contributed by atoms with E-state index in [4.69, 9.17) is 16.9 Å². The van der Waals surface area contributed by atoms with E-state index in [1.807, 2.05) is 13.0 Å². The molecule has 0 spiro atoms. The number of hydrogen-bond donors (Lipinski definition) is 1. The standard InChI is InChI=1S/C15H21ClN2O2S/c1-11(2)5-4-6-12(3)18-21(19,20)15-9-13(10-17)7-8-14(15)16/h7-9,11-12,18H,4-6H2,1-3H3. The fraction of sp³-hybridized carbons (Fsp3) is 0.533. The van der Waals surface area contributed by atoms with E-state index in [2.05, 4.69) is 18.6 Å². The number of halogens is 1. The predicted molar refractivity (Wildman–Crippen MR) is 84.6 cm³/mol. The van der Waals surface area contributed by atoms with Gasteiger partial charge in [-0.3, -0.25) is 0 Å². The topological polar surface area (TPSA) is 70.0 Å². The lowest BCUT2D eigenvalue weighted by Gasteiger charge is -2.15. The quantitative estimate of drug-likeness (QED) is 0.829. The second-order valence-corrected chi connectivity index (χ2v) is 7.69. The van der Waals surface area contributed by atoms with Gasteiger partial charge in [0.05, 0.1) is 16.7 Å². The number of hydrogen-bond acceptors (Lipinski definition) is 3. The van der Waals surface area contributed by atoms with Crippen molar-refractivity contribution in [1.29, 1.82) is 5.26 Å². The van der Waals surface area contributed by atoms with Gasteiger partial charge in [-0.15, -0.1) is 0 Å². The van der Waals surface area contributed by atoms with Crippen LogP contribution in [-0.2, 0) is 10.0 Å². The Bertz CT molecular complexity index is 621.